The van der Waals surface area contributed by atoms with E-state index in [0.29, 0.717) is 42.7 Å². The Bertz CT molecular complexity index is 961. The second-order valence-electron chi connectivity index (χ2n) is 6.48. The number of rotatable bonds is 7. The van der Waals surface area contributed by atoms with Gasteiger partial charge in [0.25, 0.3) is 0 Å². The molecule has 0 unspecified atom stereocenters. The minimum Gasteiger partial charge on any atom is -0.496 e. The molecule has 158 valence electrons. The number of carbonyl (C=O) groups excluding carboxylic acids is 2. The molecule has 2 aromatic carbocycles. The number of hydrogen-bond donors (Lipinski definition) is 1. The van der Waals surface area contributed by atoms with Crippen LogP contribution in [0.4, 0.5) is 5.69 Å². The van der Waals surface area contributed by atoms with Crippen molar-refractivity contribution in [3.8, 4) is 17.2 Å². The molecule has 8 heteroatoms. The Kier molecular flexibility index (Phi) is 7.35. The molecular formula is C22H23BrN2O5. The van der Waals surface area contributed by atoms with Crippen molar-refractivity contribution in [3.63, 3.8) is 0 Å². The smallest absolute Gasteiger partial charge is 0.247 e. The zero-order valence-electron chi connectivity index (χ0n) is 16.8. The number of anilines is 1. The zero-order valence-corrected chi connectivity index (χ0v) is 18.4. The first kappa shape index (κ1) is 21.7. The van der Waals surface area contributed by atoms with Crippen LogP contribution in [0.2, 0.25) is 0 Å². The Balaban J connectivity index is 1.62. The fraction of sp³-hybridized carbons (Fsp3) is 0.273. The molecule has 1 N–H and O–H groups in total. The molecule has 1 aliphatic heterocycles. The Morgan fingerprint density at radius 2 is 1.93 bits per heavy atom. The van der Waals surface area contributed by atoms with E-state index in [0.717, 1.165) is 10.0 Å². The Morgan fingerprint density at radius 3 is 2.67 bits per heavy atom. The highest BCUT2D eigenvalue weighted by atomic mass is 79.9. The maximum absolute atomic E-state index is 12.6. The molecule has 0 saturated carbocycles. The van der Waals surface area contributed by atoms with Crippen molar-refractivity contribution in [1.82, 2.24) is 4.90 Å². The van der Waals surface area contributed by atoms with Crippen molar-refractivity contribution in [1.29, 1.82) is 0 Å². The first-order chi connectivity index (χ1) is 14.5. The molecule has 30 heavy (non-hydrogen) atoms. The molecule has 1 heterocycles. The summed E-state index contributed by atoms with van der Waals surface area (Å²) in [5, 5.41) is 2.79. The number of fused-ring (bicyclic) bond motifs is 1. The highest BCUT2D eigenvalue weighted by Crippen LogP contribution is 2.32. The van der Waals surface area contributed by atoms with Gasteiger partial charge in [-0.3, -0.25) is 9.59 Å². The van der Waals surface area contributed by atoms with E-state index in [9.17, 15) is 9.59 Å². The molecular weight excluding hydrogens is 452 g/mol. The first-order valence-corrected chi connectivity index (χ1v) is 10.3. The lowest BCUT2D eigenvalue weighted by atomic mass is 10.2. The number of nitrogens with zero attached hydrogens (tertiary/aromatic N) is 1. The molecule has 0 aromatic heterocycles. The van der Waals surface area contributed by atoms with Gasteiger partial charge in [-0.15, -0.1) is 0 Å². The number of benzene rings is 2. The quantitative estimate of drug-likeness (QED) is 0.618. The topological polar surface area (TPSA) is 77.1 Å². The van der Waals surface area contributed by atoms with Gasteiger partial charge in [0.1, 0.15) is 25.5 Å². The molecule has 0 atom stereocenters. The number of likely N-dealkylation sites (N-methyl/N-ethyl adjacent to an activating group) is 1. The minimum absolute atomic E-state index is 0.0657. The normalized spacial score (nSPS) is 12.5. The summed E-state index contributed by atoms with van der Waals surface area (Å²) >= 11 is 3.41. The van der Waals surface area contributed by atoms with E-state index in [2.05, 4.69) is 21.2 Å². The Hall–Kier alpha value is -3.00. The molecule has 0 saturated heterocycles. The number of ether oxygens (including phenoxy) is 3. The number of methoxy groups -OCH3 is 1. The van der Waals surface area contributed by atoms with Gasteiger partial charge in [-0.1, -0.05) is 15.9 Å². The molecule has 0 bridgehead atoms. The summed E-state index contributed by atoms with van der Waals surface area (Å²) in [5.74, 6) is 1.33. The predicted molar refractivity (Wildman–Crippen MR) is 118 cm³/mol. The van der Waals surface area contributed by atoms with Crippen LogP contribution >= 0.6 is 15.9 Å². The van der Waals surface area contributed by atoms with Crippen LogP contribution in [0.25, 0.3) is 6.08 Å². The lowest BCUT2D eigenvalue weighted by molar-refractivity contribution is -0.130. The highest BCUT2D eigenvalue weighted by molar-refractivity contribution is 9.10. The van der Waals surface area contributed by atoms with E-state index in [1.807, 2.05) is 25.1 Å². The first-order valence-electron chi connectivity index (χ1n) is 9.50. The largest absolute Gasteiger partial charge is 0.496 e. The third-order valence-corrected chi connectivity index (χ3v) is 4.94. The lowest BCUT2D eigenvalue weighted by Crippen LogP contribution is -2.36. The van der Waals surface area contributed by atoms with Crippen molar-refractivity contribution in [2.24, 2.45) is 0 Å². The fourth-order valence-corrected chi connectivity index (χ4v) is 3.32. The summed E-state index contributed by atoms with van der Waals surface area (Å²) in [7, 11) is 1.57. The van der Waals surface area contributed by atoms with Gasteiger partial charge in [0.15, 0.2) is 11.5 Å². The van der Waals surface area contributed by atoms with Crippen LogP contribution in [0.3, 0.4) is 0 Å². The van der Waals surface area contributed by atoms with E-state index in [1.54, 1.807) is 31.4 Å². The van der Waals surface area contributed by atoms with E-state index in [1.165, 1.54) is 11.0 Å². The maximum Gasteiger partial charge on any atom is 0.247 e. The standard InChI is InChI=1S/C22H23BrN2O5/c1-3-25(22(27)9-4-15-12-16(23)5-7-18(15)28-2)14-21(26)24-17-6-8-19-20(13-17)30-11-10-29-19/h4-9,12-13H,3,10-11,14H2,1-2H3,(H,24,26)/b9-4+. The zero-order chi connectivity index (χ0) is 21.5. The van der Waals surface area contributed by atoms with Crippen LogP contribution in [0.1, 0.15) is 12.5 Å². The van der Waals surface area contributed by atoms with Gasteiger partial charge < -0.3 is 24.4 Å². The summed E-state index contributed by atoms with van der Waals surface area (Å²) in [6.07, 6.45) is 3.11. The lowest BCUT2D eigenvalue weighted by Gasteiger charge is -2.20. The Morgan fingerprint density at radius 1 is 1.17 bits per heavy atom. The minimum atomic E-state index is -0.296. The number of carbonyl (C=O) groups is 2. The monoisotopic (exact) mass is 474 g/mol. The van der Waals surface area contributed by atoms with Crippen LogP contribution < -0.4 is 19.5 Å². The van der Waals surface area contributed by atoms with E-state index in [4.69, 9.17) is 14.2 Å². The van der Waals surface area contributed by atoms with Gasteiger partial charge in [-0.25, -0.2) is 0 Å². The van der Waals surface area contributed by atoms with Crippen molar-refractivity contribution >= 4 is 39.5 Å². The van der Waals surface area contributed by atoms with Gasteiger partial charge in [0, 0.05) is 34.4 Å². The predicted octanol–water partition coefficient (Wildman–Crippen LogP) is 3.73. The maximum atomic E-state index is 12.6. The number of hydrogen-bond acceptors (Lipinski definition) is 5. The van der Waals surface area contributed by atoms with Gasteiger partial charge >= 0.3 is 0 Å². The summed E-state index contributed by atoms with van der Waals surface area (Å²) in [4.78, 5) is 26.5. The SMILES string of the molecule is CCN(CC(=O)Nc1ccc2c(c1)OCCO2)C(=O)/C=C/c1cc(Br)ccc1OC. The van der Waals surface area contributed by atoms with Crippen LogP contribution in [-0.4, -0.2) is 50.1 Å². The molecule has 3 rings (SSSR count). The van der Waals surface area contributed by atoms with Crippen LogP contribution in [-0.2, 0) is 9.59 Å². The van der Waals surface area contributed by atoms with Crippen LogP contribution in [0.5, 0.6) is 17.2 Å². The molecule has 7 nitrogen and oxygen atoms in total. The number of halogens is 1. The van der Waals surface area contributed by atoms with E-state index in [-0.39, 0.29) is 18.4 Å². The van der Waals surface area contributed by atoms with Crippen molar-refractivity contribution in [2.75, 3.05) is 38.7 Å². The highest BCUT2D eigenvalue weighted by Gasteiger charge is 2.16. The van der Waals surface area contributed by atoms with Gasteiger partial charge in [0.05, 0.1) is 7.11 Å². The fourth-order valence-electron chi connectivity index (χ4n) is 2.94. The average Bonchev–Trinajstić information content (AvgIpc) is 2.75. The van der Waals surface area contributed by atoms with Crippen molar-refractivity contribution in [2.45, 2.75) is 6.92 Å². The van der Waals surface area contributed by atoms with E-state index >= 15 is 0 Å². The summed E-state index contributed by atoms with van der Waals surface area (Å²) in [5.41, 5.74) is 1.35. The van der Waals surface area contributed by atoms with Crippen molar-refractivity contribution in [3.05, 3.63) is 52.5 Å². The summed E-state index contributed by atoms with van der Waals surface area (Å²) in [6, 6.07) is 10.7. The third kappa shape index (κ3) is 5.54. The second kappa shape index (κ2) is 10.2. The summed E-state index contributed by atoms with van der Waals surface area (Å²) in [6.45, 7) is 3.13. The Labute approximate surface area is 183 Å². The molecule has 0 radical (unpaired) electrons. The molecule has 0 spiro atoms. The third-order valence-electron chi connectivity index (χ3n) is 4.45. The van der Waals surface area contributed by atoms with E-state index < -0.39 is 0 Å². The summed E-state index contributed by atoms with van der Waals surface area (Å²) < 4.78 is 17.2. The average molecular weight is 475 g/mol. The molecule has 2 aromatic rings. The molecule has 1 aliphatic rings. The molecule has 0 fully saturated rings. The van der Waals surface area contributed by atoms with Crippen LogP contribution in [0.15, 0.2) is 46.9 Å². The van der Waals surface area contributed by atoms with Crippen LogP contribution in [0, 0.1) is 0 Å². The number of amides is 2. The van der Waals surface area contributed by atoms with Gasteiger partial charge in [0.2, 0.25) is 11.8 Å². The van der Waals surface area contributed by atoms with Gasteiger partial charge in [-0.05, 0) is 43.3 Å². The molecule has 2 amide bonds. The molecule has 0 aliphatic carbocycles. The second-order valence-corrected chi connectivity index (χ2v) is 7.39. The number of nitrogens with one attached hydrogen (secondary N) is 1. The van der Waals surface area contributed by atoms with Gasteiger partial charge in [-0.2, -0.15) is 0 Å². The van der Waals surface area contributed by atoms with Crippen molar-refractivity contribution < 1.29 is 23.8 Å².